The molecule has 16 heteroatoms. The molecule has 29 heavy (non-hydrogen) atoms. The van der Waals surface area contributed by atoms with Gasteiger partial charge in [0.05, 0.1) is 26.1 Å². The van der Waals surface area contributed by atoms with Gasteiger partial charge in [0.2, 0.25) is 0 Å². The van der Waals surface area contributed by atoms with Gasteiger partial charge in [-0.1, -0.05) is 0 Å². The van der Waals surface area contributed by atoms with Crippen LogP contribution in [0.3, 0.4) is 0 Å². The number of aliphatic hydroxyl groups is 5. The van der Waals surface area contributed by atoms with E-state index < -0.39 is 58.3 Å². The van der Waals surface area contributed by atoms with Crippen molar-refractivity contribution in [3.63, 3.8) is 0 Å². The molecule has 0 amide bonds. The minimum Gasteiger partial charge on any atom is -0.394 e. The molecule has 0 saturated carbocycles. The number of aromatic nitrogens is 4. The van der Waals surface area contributed by atoms with Crippen molar-refractivity contribution in [3.8, 4) is 0 Å². The molecule has 1 aliphatic heterocycles. The first kappa shape index (κ1) is 23.5. The largest absolute Gasteiger partial charge is 0.470 e. The van der Waals surface area contributed by atoms with E-state index in [4.69, 9.17) is 35.6 Å². The number of fused-ring (bicyclic) bond motifs is 1. The quantitative estimate of drug-likeness (QED) is 0.203. The Morgan fingerprint density at radius 1 is 1.17 bits per heavy atom. The zero-order chi connectivity index (χ0) is 21.8. The zero-order valence-electron chi connectivity index (χ0n) is 14.8. The third-order valence-corrected chi connectivity index (χ3v) is 4.44. The fraction of sp³-hybridized carbons (Fsp3) is 0.615. The van der Waals surface area contributed by atoms with Crippen molar-refractivity contribution >= 4 is 24.8 Å². The predicted molar refractivity (Wildman–Crippen MR) is 93.8 cm³/mol. The molecule has 0 bridgehead atoms. The summed E-state index contributed by atoms with van der Waals surface area (Å²) in [7, 11) is -4.57. The zero-order valence-corrected chi connectivity index (χ0v) is 15.7. The fourth-order valence-corrected chi connectivity index (χ4v) is 3.01. The van der Waals surface area contributed by atoms with Gasteiger partial charge in [-0.05, 0) is 0 Å². The summed E-state index contributed by atoms with van der Waals surface area (Å²) in [4.78, 5) is 28.1. The molecule has 0 radical (unpaired) electrons. The summed E-state index contributed by atoms with van der Waals surface area (Å²) in [5.41, 5.74) is 6.44. The Morgan fingerprint density at radius 3 is 2.31 bits per heavy atom. The molecule has 3 heterocycles. The highest BCUT2D eigenvalue weighted by Gasteiger charge is 2.43. The molecule has 0 aromatic carbocycles. The lowest BCUT2D eigenvalue weighted by Gasteiger charge is -2.16. The number of ether oxygens (including phenoxy) is 1. The van der Waals surface area contributed by atoms with Gasteiger partial charge < -0.3 is 45.8 Å². The number of phosphoric ester groups is 1. The number of nitrogens with zero attached hydrogens (tertiary/aromatic N) is 4. The molecular weight excluding hydrogens is 417 g/mol. The van der Waals surface area contributed by atoms with Crippen LogP contribution in [0.1, 0.15) is 6.23 Å². The summed E-state index contributed by atoms with van der Waals surface area (Å²) in [6, 6.07) is 0. The highest BCUT2D eigenvalue weighted by molar-refractivity contribution is 7.46. The number of imidazole rings is 1. The molecule has 1 saturated heterocycles. The van der Waals surface area contributed by atoms with Gasteiger partial charge >= 0.3 is 7.82 Å². The maximum atomic E-state index is 10.0. The van der Waals surface area contributed by atoms with E-state index in [1.165, 1.54) is 17.2 Å². The van der Waals surface area contributed by atoms with Crippen LogP contribution < -0.4 is 5.73 Å². The molecule has 4 atom stereocenters. The number of aliphatic hydroxyl groups excluding tert-OH is 5. The van der Waals surface area contributed by atoms with Gasteiger partial charge in [0.15, 0.2) is 17.7 Å². The third-order valence-electron chi connectivity index (χ3n) is 3.87. The molecule has 15 nitrogen and oxygen atoms in total. The molecule has 1 fully saturated rings. The first-order chi connectivity index (χ1) is 13.6. The average Bonchev–Trinajstić information content (AvgIpc) is 3.22. The summed E-state index contributed by atoms with van der Waals surface area (Å²) in [6.07, 6.45) is -2.63. The molecule has 0 aliphatic carbocycles. The number of hydrogen-bond donors (Lipinski definition) is 8. The Kier molecular flexibility index (Phi) is 7.95. The predicted octanol–water partition coefficient (Wildman–Crippen LogP) is -3.53. The van der Waals surface area contributed by atoms with E-state index >= 15 is 0 Å². The van der Waals surface area contributed by atoms with Crippen molar-refractivity contribution in [3.05, 3.63) is 12.7 Å². The van der Waals surface area contributed by atoms with Crippen LogP contribution in [-0.2, 0) is 13.8 Å². The Bertz CT molecular complexity index is 842. The van der Waals surface area contributed by atoms with Crippen molar-refractivity contribution in [1.82, 2.24) is 19.5 Å². The molecule has 2 aromatic rings. The monoisotopic (exact) mass is 439 g/mol. The van der Waals surface area contributed by atoms with Crippen LogP contribution in [0.15, 0.2) is 12.7 Å². The normalized spacial score (nSPS) is 24.7. The third kappa shape index (κ3) is 5.64. The molecule has 0 spiro atoms. The molecule has 2 aromatic heterocycles. The first-order valence-electron chi connectivity index (χ1n) is 8.14. The van der Waals surface area contributed by atoms with E-state index in [0.717, 1.165) is 0 Å². The van der Waals surface area contributed by atoms with Gasteiger partial charge in [-0.25, -0.2) is 19.5 Å². The van der Waals surface area contributed by atoms with Crippen LogP contribution in [-0.4, -0.2) is 99.1 Å². The summed E-state index contributed by atoms with van der Waals surface area (Å²) >= 11 is 0. The van der Waals surface area contributed by atoms with Gasteiger partial charge in [-0.3, -0.25) is 9.09 Å². The Labute approximate surface area is 163 Å². The van der Waals surface area contributed by atoms with Crippen LogP contribution in [0.4, 0.5) is 5.82 Å². The van der Waals surface area contributed by atoms with E-state index in [2.05, 4.69) is 19.5 Å². The van der Waals surface area contributed by atoms with Gasteiger partial charge in [0, 0.05) is 0 Å². The maximum absolute atomic E-state index is 10.0. The van der Waals surface area contributed by atoms with Gasteiger partial charge in [0.1, 0.15) is 36.3 Å². The van der Waals surface area contributed by atoms with Crippen LogP contribution in [0.2, 0.25) is 0 Å². The topological polar surface area (TPSA) is 247 Å². The number of nitrogen functional groups attached to an aromatic ring is 1. The van der Waals surface area contributed by atoms with Crippen molar-refractivity contribution < 1.29 is 49.1 Å². The summed E-state index contributed by atoms with van der Waals surface area (Å²) < 4.78 is 20.8. The number of anilines is 1. The Hall–Kier alpha value is -1.78. The SMILES string of the molecule is Nc1ncnc2c1ncn2[C@@H]1O[C@H](CO)[C@@H](O)[C@H]1O.O=P(O)(O)OC(CO)CO. The minimum atomic E-state index is -4.57. The standard InChI is InChI=1S/C10H13N5O4.C3H9O6P/c11-8-5-9(13-2-12-8)15(3-14-5)10-7(18)6(17)4(1-16)19-10;4-1-3(2-5)9-10(6,7)8/h2-4,6-7,10,16-18H,1H2,(H2,11,12,13);3-5H,1-2H2,(H2,6,7,8)/t4-,6-,7-,10-;/m1./s1. The Morgan fingerprint density at radius 2 is 1.83 bits per heavy atom. The Balaban J connectivity index is 0.000000257. The summed E-state index contributed by atoms with van der Waals surface area (Å²) in [5.74, 6) is 0.218. The molecule has 3 rings (SSSR count). The van der Waals surface area contributed by atoms with Gasteiger partial charge in [-0.2, -0.15) is 0 Å². The van der Waals surface area contributed by atoms with E-state index in [1.807, 2.05) is 0 Å². The summed E-state index contributed by atoms with van der Waals surface area (Å²) in [5, 5.41) is 45.3. The molecule has 1 aliphatic rings. The second kappa shape index (κ2) is 9.82. The highest BCUT2D eigenvalue weighted by Crippen LogP contribution is 2.37. The number of hydrogen-bond acceptors (Lipinski definition) is 12. The second-order valence-corrected chi connectivity index (χ2v) is 7.09. The first-order valence-corrected chi connectivity index (χ1v) is 9.67. The maximum Gasteiger partial charge on any atom is 0.470 e. The van der Waals surface area contributed by atoms with Gasteiger partial charge in [0.25, 0.3) is 0 Å². The molecule has 9 N–H and O–H groups in total. The fourth-order valence-electron chi connectivity index (χ4n) is 2.48. The molecular formula is C13H22N5O10P. The minimum absolute atomic E-state index is 0.218. The van der Waals surface area contributed by atoms with E-state index in [0.29, 0.717) is 11.2 Å². The number of phosphoric acid groups is 1. The number of nitrogens with two attached hydrogens (primary N) is 1. The van der Waals surface area contributed by atoms with Crippen LogP contribution in [0.5, 0.6) is 0 Å². The second-order valence-electron chi connectivity index (χ2n) is 5.89. The molecule has 164 valence electrons. The van der Waals surface area contributed by atoms with Crippen LogP contribution >= 0.6 is 7.82 Å². The van der Waals surface area contributed by atoms with Crippen molar-refractivity contribution in [2.75, 3.05) is 25.6 Å². The van der Waals surface area contributed by atoms with E-state index in [9.17, 15) is 14.8 Å². The smallest absolute Gasteiger partial charge is 0.394 e. The van der Waals surface area contributed by atoms with Gasteiger partial charge in [-0.15, -0.1) is 0 Å². The highest BCUT2D eigenvalue weighted by atomic mass is 31.2. The van der Waals surface area contributed by atoms with Crippen molar-refractivity contribution in [1.29, 1.82) is 0 Å². The van der Waals surface area contributed by atoms with Crippen molar-refractivity contribution in [2.24, 2.45) is 0 Å². The van der Waals surface area contributed by atoms with Crippen LogP contribution in [0.25, 0.3) is 11.2 Å². The lowest BCUT2D eigenvalue weighted by molar-refractivity contribution is -0.0511. The molecule has 0 unspecified atom stereocenters. The lowest BCUT2D eigenvalue weighted by Crippen LogP contribution is -2.33. The van der Waals surface area contributed by atoms with Crippen LogP contribution in [0, 0.1) is 0 Å². The van der Waals surface area contributed by atoms with Crippen molar-refractivity contribution in [2.45, 2.75) is 30.6 Å². The summed E-state index contributed by atoms with van der Waals surface area (Å²) in [6.45, 7) is -1.64. The van der Waals surface area contributed by atoms with E-state index in [-0.39, 0.29) is 5.82 Å². The lowest BCUT2D eigenvalue weighted by atomic mass is 10.1. The van der Waals surface area contributed by atoms with E-state index in [1.54, 1.807) is 0 Å². The number of rotatable bonds is 6. The average molecular weight is 439 g/mol.